The summed E-state index contributed by atoms with van der Waals surface area (Å²) < 4.78 is 11.6. The molecule has 0 atom stereocenters. The van der Waals surface area contributed by atoms with Crippen molar-refractivity contribution < 1.29 is 4.55 Å². The molecule has 0 amide bonds. The second-order valence-corrected chi connectivity index (χ2v) is 4.26. The van der Waals surface area contributed by atoms with E-state index in [-0.39, 0.29) is 0 Å². The Balaban J connectivity index is 1.88. The Bertz CT molecular complexity index is 322. The highest BCUT2D eigenvalue weighted by molar-refractivity contribution is 7.89. The van der Waals surface area contributed by atoms with E-state index >= 15 is 0 Å². The van der Waals surface area contributed by atoms with Gasteiger partial charge < -0.3 is 14.5 Å². The highest BCUT2D eigenvalue weighted by Gasteiger charge is 2.11. The van der Waals surface area contributed by atoms with Crippen molar-refractivity contribution >= 4 is 11.2 Å². The SMILES string of the molecule is [O-][S+](Cc1ncc[nH]1)Cc1ncc[nH]1. The van der Waals surface area contributed by atoms with Crippen molar-refractivity contribution in [2.75, 3.05) is 0 Å². The minimum atomic E-state index is -0.966. The average Bonchev–Trinajstić information content (AvgIpc) is 2.76. The normalized spacial score (nSPS) is 11.0. The fourth-order valence-electron chi connectivity index (χ4n) is 1.11. The number of hydrogen-bond donors (Lipinski definition) is 2. The first-order valence-electron chi connectivity index (χ1n) is 4.16. The van der Waals surface area contributed by atoms with Crippen LogP contribution >= 0.6 is 0 Å². The number of aromatic amines is 2. The molecule has 0 saturated heterocycles. The number of rotatable bonds is 4. The summed E-state index contributed by atoms with van der Waals surface area (Å²) >= 11 is -0.966. The molecule has 2 rings (SSSR count). The molecule has 74 valence electrons. The van der Waals surface area contributed by atoms with E-state index in [1.165, 1.54) is 0 Å². The average molecular weight is 210 g/mol. The zero-order valence-corrected chi connectivity index (χ0v) is 8.25. The van der Waals surface area contributed by atoms with Crippen LogP contribution in [0.4, 0.5) is 0 Å². The molecule has 0 aliphatic rings. The van der Waals surface area contributed by atoms with Crippen molar-refractivity contribution in [1.29, 1.82) is 0 Å². The van der Waals surface area contributed by atoms with Gasteiger partial charge in [0.15, 0.2) is 23.2 Å². The van der Waals surface area contributed by atoms with Crippen molar-refractivity contribution in [2.24, 2.45) is 0 Å². The van der Waals surface area contributed by atoms with E-state index < -0.39 is 11.2 Å². The van der Waals surface area contributed by atoms with Crippen LogP contribution in [0.5, 0.6) is 0 Å². The van der Waals surface area contributed by atoms with Gasteiger partial charge in [-0.15, -0.1) is 0 Å². The van der Waals surface area contributed by atoms with Gasteiger partial charge in [0.05, 0.1) is 0 Å². The van der Waals surface area contributed by atoms with Gasteiger partial charge in [0.1, 0.15) is 0 Å². The number of H-pyrrole nitrogens is 2. The monoisotopic (exact) mass is 210 g/mol. The van der Waals surface area contributed by atoms with Gasteiger partial charge in [0.2, 0.25) is 0 Å². The quantitative estimate of drug-likeness (QED) is 0.724. The van der Waals surface area contributed by atoms with Gasteiger partial charge >= 0.3 is 0 Å². The fourth-order valence-corrected chi connectivity index (χ4v) is 2.14. The highest BCUT2D eigenvalue weighted by Crippen LogP contribution is 2.05. The fraction of sp³-hybridized carbons (Fsp3) is 0.250. The van der Waals surface area contributed by atoms with Crippen molar-refractivity contribution in [3.8, 4) is 0 Å². The molecule has 6 heteroatoms. The Morgan fingerprint density at radius 3 is 1.93 bits per heavy atom. The summed E-state index contributed by atoms with van der Waals surface area (Å²) in [6, 6.07) is 0. The first kappa shape index (κ1) is 9.29. The first-order valence-corrected chi connectivity index (χ1v) is 5.65. The lowest BCUT2D eigenvalue weighted by Crippen LogP contribution is -2.09. The van der Waals surface area contributed by atoms with E-state index in [1.54, 1.807) is 24.8 Å². The molecule has 0 radical (unpaired) electrons. The van der Waals surface area contributed by atoms with Crippen LogP contribution in [0.15, 0.2) is 24.8 Å². The molecule has 0 unspecified atom stereocenters. The third-order valence-corrected chi connectivity index (χ3v) is 2.90. The van der Waals surface area contributed by atoms with E-state index in [0.717, 1.165) is 11.6 Å². The number of nitrogens with zero attached hydrogens (tertiary/aromatic N) is 2. The van der Waals surface area contributed by atoms with Crippen LogP contribution in [0.25, 0.3) is 0 Å². The van der Waals surface area contributed by atoms with Crippen LogP contribution in [0, 0.1) is 0 Å². The van der Waals surface area contributed by atoms with Crippen LogP contribution in [0.3, 0.4) is 0 Å². The van der Waals surface area contributed by atoms with Gasteiger partial charge in [0, 0.05) is 24.8 Å². The highest BCUT2D eigenvalue weighted by atomic mass is 32.2. The predicted octanol–water partition coefficient (Wildman–Crippen LogP) is 0.582. The van der Waals surface area contributed by atoms with Gasteiger partial charge in [-0.2, -0.15) is 0 Å². The van der Waals surface area contributed by atoms with Crippen molar-refractivity contribution in [3.05, 3.63) is 36.4 Å². The van der Waals surface area contributed by atoms with Gasteiger partial charge in [0.25, 0.3) is 0 Å². The zero-order valence-electron chi connectivity index (χ0n) is 7.43. The summed E-state index contributed by atoms with van der Waals surface area (Å²) in [6.07, 6.45) is 6.75. The summed E-state index contributed by atoms with van der Waals surface area (Å²) in [4.78, 5) is 13.8. The van der Waals surface area contributed by atoms with Crippen LogP contribution in [-0.2, 0) is 22.7 Å². The largest absolute Gasteiger partial charge is 0.616 e. The van der Waals surface area contributed by atoms with Gasteiger partial charge in [-0.3, -0.25) is 0 Å². The minimum Gasteiger partial charge on any atom is -0.616 e. The molecular weight excluding hydrogens is 200 g/mol. The zero-order chi connectivity index (χ0) is 9.80. The van der Waals surface area contributed by atoms with Crippen LogP contribution in [0.1, 0.15) is 11.6 Å². The predicted molar refractivity (Wildman–Crippen MR) is 52.7 cm³/mol. The number of imidazole rings is 2. The van der Waals surface area contributed by atoms with Gasteiger partial charge in [-0.1, -0.05) is 0 Å². The second kappa shape index (κ2) is 4.30. The summed E-state index contributed by atoms with van der Waals surface area (Å²) in [6.45, 7) is 0. The smallest absolute Gasteiger partial charge is 0.163 e. The third kappa shape index (κ3) is 2.36. The standard InChI is InChI=1S/C8H10N4OS/c13-14(5-7-9-1-2-10-7)6-8-11-3-4-12-8/h1-4H,5-6H2,(H,9,10)(H,11,12). The molecule has 0 aliphatic carbocycles. The van der Waals surface area contributed by atoms with Gasteiger partial charge in [-0.05, 0) is 11.2 Å². The van der Waals surface area contributed by atoms with Crippen LogP contribution in [-0.4, -0.2) is 24.5 Å². The number of nitrogens with one attached hydrogen (secondary N) is 2. The van der Waals surface area contributed by atoms with Crippen molar-refractivity contribution in [1.82, 2.24) is 19.9 Å². The Morgan fingerprint density at radius 1 is 1.07 bits per heavy atom. The second-order valence-electron chi connectivity index (χ2n) is 2.80. The Labute approximate surface area is 84.2 Å². The van der Waals surface area contributed by atoms with E-state index in [2.05, 4.69) is 19.9 Å². The summed E-state index contributed by atoms with van der Waals surface area (Å²) in [5, 5.41) is 0. The molecule has 0 bridgehead atoms. The van der Waals surface area contributed by atoms with E-state index in [1.807, 2.05) is 0 Å². The van der Waals surface area contributed by atoms with Gasteiger partial charge in [-0.25, -0.2) is 9.97 Å². The lowest BCUT2D eigenvalue weighted by Gasteiger charge is -2.07. The molecule has 0 fully saturated rings. The lowest BCUT2D eigenvalue weighted by atomic mass is 10.7. The van der Waals surface area contributed by atoms with E-state index in [0.29, 0.717) is 11.5 Å². The molecule has 2 aromatic rings. The maximum atomic E-state index is 11.6. The van der Waals surface area contributed by atoms with E-state index in [9.17, 15) is 4.55 Å². The molecule has 0 spiro atoms. The van der Waals surface area contributed by atoms with E-state index in [4.69, 9.17) is 0 Å². The third-order valence-electron chi connectivity index (χ3n) is 1.71. The Hall–Kier alpha value is -1.27. The summed E-state index contributed by atoms with van der Waals surface area (Å²) in [7, 11) is 0. The molecule has 2 N–H and O–H groups in total. The lowest BCUT2D eigenvalue weighted by molar-refractivity contribution is 0.591. The Morgan fingerprint density at radius 2 is 1.57 bits per heavy atom. The summed E-state index contributed by atoms with van der Waals surface area (Å²) in [5.74, 6) is 2.37. The minimum absolute atomic E-state index is 0.438. The van der Waals surface area contributed by atoms with Crippen molar-refractivity contribution in [2.45, 2.75) is 11.5 Å². The van der Waals surface area contributed by atoms with Crippen LogP contribution in [0.2, 0.25) is 0 Å². The maximum absolute atomic E-state index is 11.6. The molecule has 5 nitrogen and oxygen atoms in total. The number of hydrogen-bond acceptors (Lipinski definition) is 3. The molecule has 0 aliphatic heterocycles. The van der Waals surface area contributed by atoms with Crippen molar-refractivity contribution in [3.63, 3.8) is 0 Å². The molecule has 14 heavy (non-hydrogen) atoms. The Kier molecular flexibility index (Phi) is 2.85. The number of aromatic nitrogens is 4. The maximum Gasteiger partial charge on any atom is 0.163 e. The first-order chi connectivity index (χ1) is 6.84. The molecule has 2 aromatic heterocycles. The molecule has 0 aromatic carbocycles. The molecular formula is C8H10N4OS. The summed E-state index contributed by atoms with van der Waals surface area (Å²) in [5.41, 5.74) is 0. The molecule has 2 heterocycles. The topological polar surface area (TPSA) is 80.4 Å². The van der Waals surface area contributed by atoms with Crippen LogP contribution < -0.4 is 0 Å². The molecule has 0 saturated carbocycles.